The normalized spacial score (nSPS) is 19.1. The van der Waals surface area contributed by atoms with Crippen molar-refractivity contribution in [2.75, 3.05) is 26.2 Å². The van der Waals surface area contributed by atoms with Gasteiger partial charge in [-0.05, 0) is 97.9 Å². The SMILES string of the molecule is Cc1nc2c(c(C)nn2C(C)(C)C)c(C)c1CCC(=O)N1CCC(N2CCCCC2)CC1. The van der Waals surface area contributed by atoms with Gasteiger partial charge in [0.05, 0.1) is 11.2 Å². The molecule has 2 saturated heterocycles. The molecule has 0 aliphatic carbocycles. The van der Waals surface area contributed by atoms with Crippen molar-refractivity contribution in [2.45, 2.75) is 98.1 Å². The summed E-state index contributed by atoms with van der Waals surface area (Å²) in [5.74, 6) is 0.295. The van der Waals surface area contributed by atoms with Crippen molar-refractivity contribution in [3.63, 3.8) is 0 Å². The molecule has 2 aromatic heterocycles. The van der Waals surface area contributed by atoms with Gasteiger partial charge in [0.15, 0.2) is 5.65 Å². The number of fused-ring (bicyclic) bond motifs is 1. The number of hydrogen-bond donors (Lipinski definition) is 0. The summed E-state index contributed by atoms with van der Waals surface area (Å²) in [5, 5.41) is 5.94. The summed E-state index contributed by atoms with van der Waals surface area (Å²) in [4.78, 5) is 22.7. The number of pyridine rings is 1. The van der Waals surface area contributed by atoms with Crippen molar-refractivity contribution in [2.24, 2.45) is 0 Å². The fraction of sp³-hybridized carbons (Fsp3) is 0.731. The van der Waals surface area contributed by atoms with Crippen LogP contribution >= 0.6 is 0 Å². The highest BCUT2D eigenvalue weighted by Crippen LogP contribution is 2.30. The third kappa shape index (κ3) is 4.57. The van der Waals surface area contributed by atoms with Gasteiger partial charge in [-0.2, -0.15) is 5.10 Å². The number of hydrogen-bond acceptors (Lipinski definition) is 4. The molecule has 6 heteroatoms. The van der Waals surface area contributed by atoms with Crippen LogP contribution in [0.25, 0.3) is 11.0 Å². The van der Waals surface area contributed by atoms with Gasteiger partial charge in [-0.3, -0.25) is 4.79 Å². The monoisotopic (exact) mass is 439 g/mol. The second-order valence-electron chi connectivity index (χ2n) is 10.9. The first kappa shape index (κ1) is 23.2. The first-order valence-corrected chi connectivity index (χ1v) is 12.5. The Balaban J connectivity index is 1.42. The number of carbonyl (C=O) groups excluding carboxylic acids is 1. The van der Waals surface area contributed by atoms with Gasteiger partial charge < -0.3 is 9.80 Å². The summed E-state index contributed by atoms with van der Waals surface area (Å²) < 4.78 is 2.04. The predicted octanol–water partition coefficient (Wildman–Crippen LogP) is 4.52. The van der Waals surface area contributed by atoms with E-state index in [9.17, 15) is 4.79 Å². The number of amides is 1. The maximum absolute atomic E-state index is 13.0. The fourth-order valence-electron chi connectivity index (χ4n) is 5.70. The maximum atomic E-state index is 13.0. The summed E-state index contributed by atoms with van der Waals surface area (Å²) in [7, 11) is 0. The second kappa shape index (κ2) is 9.12. The minimum Gasteiger partial charge on any atom is -0.343 e. The Morgan fingerprint density at radius 3 is 2.25 bits per heavy atom. The Labute approximate surface area is 193 Å². The molecule has 2 fully saturated rings. The summed E-state index contributed by atoms with van der Waals surface area (Å²) in [5.41, 5.74) is 5.34. The molecule has 176 valence electrons. The van der Waals surface area contributed by atoms with Crippen LogP contribution in [0.2, 0.25) is 0 Å². The van der Waals surface area contributed by atoms with Gasteiger partial charge in [0.1, 0.15) is 0 Å². The van der Waals surface area contributed by atoms with Crippen LogP contribution in [0.5, 0.6) is 0 Å². The molecule has 0 bridgehead atoms. The van der Waals surface area contributed by atoms with Gasteiger partial charge in [0.2, 0.25) is 5.91 Å². The Morgan fingerprint density at radius 1 is 0.969 bits per heavy atom. The molecular formula is C26H41N5O. The number of rotatable bonds is 4. The molecule has 0 N–H and O–H groups in total. The van der Waals surface area contributed by atoms with Gasteiger partial charge in [0, 0.05) is 36.6 Å². The Kier molecular flexibility index (Phi) is 6.62. The van der Waals surface area contributed by atoms with Crippen molar-refractivity contribution in [1.29, 1.82) is 0 Å². The zero-order valence-corrected chi connectivity index (χ0v) is 21.0. The highest BCUT2D eigenvalue weighted by Gasteiger charge is 2.28. The smallest absolute Gasteiger partial charge is 0.222 e. The number of aromatic nitrogens is 3. The van der Waals surface area contributed by atoms with Gasteiger partial charge >= 0.3 is 0 Å². The van der Waals surface area contributed by atoms with Crippen molar-refractivity contribution in [3.05, 3.63) is 22.5 Å². The van der Waals surface area contributed by atoms with E-state index in [-0.39, 0.29) is 5.54 Å². The minimum absolute atomic E-state index is 0.115. The van der Waals surface area contributed by atoms with Gasteiger partial charge in [-0.25, -0.2) is 9.67 Å². The number of carbonyl (C=O) groups is 1. The molecule has 4 rings (SSSR count). The number of nitrogens with zero attached hydrogens (tertiary/aromatic N) is 5. The van der Waals surface area contributed by atoms with Crippen LogP contribution in [0.4, 0.5) is 0 Å². The van der Waals surface area contributed by atoms with Crippen LogP contribution in [0.3, 0.4) is 0 Å². The van der Waals surface area contributed by atoms with Crippen LogP contribution in [0.15, 0.2) is 0 Å². The molecule has 4 heterocycles. The summed E-state index contributed by atoms with van der Waals surface area (Å²) in [6.07, 6.45) is 7.63. The Morgan fingerprint density at radius 2 is 1.62 bits per heavy atom. The van der Waals surface area contributed by atoms with Gasteiger partial charge in [0.25, 0.3) is 0 Å². The predicted molar refractivity (Wildman–Crippen MR) is 130 cm³/mol. The third-order valence-electron chi connectivity index (χ3n) is 7.52. The minimum atomic E-state index is -0.115. The molecule has 0 aromatic carbocycles. The van der Waals surface area contributed by atoms with Gasteiger partial charge in [-0.15, -0.1) is 0 Å². The molecule has 6 nitrogen and oxygen atoms in total. The number of piperidine rings is 2. The van der Waals surface area contributed by atoms with Crippen LogP contribution in [0.1, 0.15) is 81.8 Å². The zero-order chi connectivity index (χ0) is 23.0. The summed E-state index contributed by atoms with van der Waals surface area (Å²) in [6.45, 7) is 17.1. The fourth-order valence-corrected chi connectivity index (χ4v) is 5.70. The van der Waals surface area contributed by atoms with E-state index < -0.39 is 0 Å². The number of aryl methyl sites for hydroxylation is 3. The topological polar surface area (TPSA) is 54.3 Å². The molecule has 1 amide bonds. The van der Waals surface area contributed by atoms with Crippen molar-refractivity contribution in [3.8, 4) is 0 Å². The Hall–Kier alpha value is -1.95. The molecule has 2 aromatic rings. The average molecular weight is 440 g/mol. The molecule has 0 radical (unpaired) electrons. The van der Waals surface area contributed by atoms with E-state index in [4.69, 9.17) is 10.1 Å². The highest BCUT2D eigenvalue weighted by atomic mass is 16.2. The van der Waals surface area contributed by atoms with Crippen LogP contribution in [-0.2, 0) is 16.8 Å². The molecule has 2 aliphatic rings. The van der Waals surface area contributed by atoms with Crippen LogP contribution < -0.4 is 0 Å². The third-order valence-corrected chi connectivity index (χ3v) is 7.52. The molecule has 32 heavy (non-hydrogen) atoms. The molecule has 2 aliphatic heterocycles. The van der Waals surface area contributed by atoms with E-state index in [0.717, 1.165) is 54.8 Å². The largest absolute Gasteiger partial charge is 0.343 e. The lowest BCUT2D eigenvalue weighted by Crippen LogP contribution is -2.48. The molecule has 0 saturated carbocycles. The van der Waals surface area contributed by atoms with E-state index in [0.29, 0.717) is 18.4 Å². The van der Waals surface area contributed by atoms with Crippen LogP contribution in [-0.4, -0.2) is 62.7 Å². The summed E-state index contributed by atoms with van der Waals surface area (Å²) >= 11 is 0. The number of likely N-dealkylation sites (tertiary alicyclic amines) is 2. The lowest BCUT2D eigenvalue weighted by molar-refractivity contribution is -0.132. The summed E-state index contributed by atoms with van der Waals surface area (Å²) in [6, 6.07) is 0.678. The lowest BCUT2D eigenvalue weighted by atomic mass is 9.97. The van der Waals surface area contributed by atoms with Crippen LogP contribution in [0, 0.1) is 20.8 Å². The second-order valence-corrected chi connectivity index (χ2v) is 10.9. The average Bonchev–Trinajstić information content (AvgIpc) is 3.10. The zero-order valence-electron chi connectivity index (χ0n) is 21.0. The quantitative estimate of drug-likeness (QED) is 0.703. The van der Waals surface area contributed by atoms with E-state index in [1.165, 1.54) is 43.5 Å². The maximum Gasteiger partial charge on any atom is 0.222 e. The van der Waals surface area contributed by atoms with E-state index in [2.05, 4.69) is 51.3 Å². The first-order valence-electron chi connectivity index (χ1n) is 12.5. The standard InChI is InChI=1S/C26H41N5O/c1-18-22(19(2)27-25-24(18)20(3)28-31(25)26(4,5)6)10-11-23(32)30-16-12-21(13-17-30)29-14-8-7-9-15-29/h21H,7-17H2,1-6H3. The van der Waals surface area contributed by atoms with E-state index in [1.807, 2.05) is 4.68 Å². The van der Waals surface area contributed by atoms with Gasteiger partial charge in [-0.1, -0.05) is 6.42 Å². The van der Waals surface area contributed by atoms with E-state index >= 15 is 0 Å². The molecule has 0 atom stereocenters. The van der Waals surface area contributed by atoms with Crippen molar-refractivity contribution in [1.82, 2.24) is 24.6 Å². The molecule has 0 spiro atoms. The lowest BCUT2D eigenvalue weighted by Gasteiger charge is -2.40. The van der Waals surface area contributed by atoms with E-state index in [1.54, 1.807) is 0 Å². The van der Waals surface area contributed by atoms with Crippen molar-refractivity contribution >= 4 is 16.9 Å². The van der Waals surface area contributed by atoms with Crippen molar-refractivity contribution < 1.29 is 4.79 Å². The molecular weight excluding hydrogens is 398 g/mol. The Bertz CT molecular complexity index is 972. The molecule has 0 unspecified atom stereocenters. The highest BCUT2D eigenvalue weighted by molar-refractivity contribution is 5.84. The first-order chi connectivity index (χ1) is 15.2.